The molecule has 1 saturated carbocycles. The molecule has 1 fully saturated rings. The molecule has 0 bridgehead atoms. The van der Waals surface area contributed by atoms with Crippen LogP contribution in [-0.2, 0) is 0 Å². The van der Waals surface area contributed by atoms with E-state index in [2.05, 4.69) is 20.6 Å². The third kappa shape index (κ3) is 3.94. The average Bonchev–Trinajstić information content (AvgIpc) is 3.36. The van der Waals surface area contributed by atoms with Crippen molar-refractivity contribution in [2.24, 2.45) is 0 Å². The van der Waals surface area contributed by atoms with Crippen molar-refractivity contribution < 1.29 is 13.7 Å². The molecule has 31 heavy (non-hydrogen) atoms. The van der Waals surface area contributed by atoms with E-state index in [0.717, 1.165) is 24.1 Å². The van der Waals surface area contributed by atoms with E-state index in [9.17, 15) is 9.18 Å². The Kier molecular flexibility index (Phi) is 4.78. The van der Waals surface area contributed by atoms with Crippen molar-refractivity contribution in [1.29, 1.82) is 0 Å². The number of benzene rings is 2. The molecule has 5 rings (SSSR count). The van der Waals surface area contributed by atoms with Gasteiger partial charge in [0.1, 0.15) is 5.82 Å². The van der Waals surface area contributed by atoms with E-state index in [0.29, 0.717) is 34.6 Å². The number of carbonyl (C=O) groups is 1. The molecule has 7 nitrogen and oxygen atoms in total. The standard InChI is InChI=1S/C22H17ClFN5O2/c1-12-17(21(30)25-15-6-9-19(24)18(23)10-15)11-29(27-12)16-7-4-13(5-8-16)20-26-22(31-28-20)14-2-3-14/h4-11,14H,2-3H2,1H3,(H,25,30). The number of halogens is 2. The molecular weight excluding hydrogens is 421 g/mol. The summed E-state index contributed by atoms with van der Waals surface area (Å²) in [6.07, 6.45) is 3.84. The van der Waals surface area contributed by atoms with Gasteiger partial charge in [0.2, 0.25) is 11.7 Å². The molecule has 2 heterocycles. The molecule has 2 aromatic heterocycles. The normalized spacial score (nSPS) is 13.4. The second-order valence-electron chi connectivity index (χ2n) is 7.43. The predicted octanol–water partition coefficient (Wildman–Crippen LogP) is 5.15. The highest BCUT2D eigenvalue weighted by atomic mass is 35.5. The van der Waals surface area contributed by atoms with Crippen LogP contribution in [0.5, 0.6) is 0 Å². The number of rotatable bonds is 5. The molecule has 0 atom stereocenters. The lowest BCUT2D eigenvalue weighted by Crippen LogP contribution is -2.12. The maximum absolute atomic E-state index is 13.3. The van der Waals surface area contributed by atoms with E-state index in [4.69, 9.17) is 16.1 Å². The Morgan fingerprint density at radius 1 is 1.23 bits per heavy atom. The van der Waals surface area contributed by atoms with Crippen molar-refractivity contribution in [3.8, 4) is 17.1 Å². The lowest BCUT2D eigenvalue weighted by molar-refractivity contribution is 0.102. The fraction of sp³-hybridized carbons (Fsp3) is 0.182. The van der Waals surface area contributed by atoms with Crippen molar-refractivity contribution >= 4 is 23.2 Å². The second kappa shape index (κ2) is 7.63. The van der Waals surface area contributed by atoms with Crippen LogP contribution < -0.4 is 5.32 Å². The third-order valence-corrected chi connectivity index (χ3v) is 5.37. The van der Waals surface area contributed by atoms with Gasteiger partial charge in [-0.1, -0.05) is 16.8 Å². The fourth-order valence-corrected chi connectivity index (χ4v) is 3.38. The average molecular weight is 438 g/mol. The number of hydrogen-bond donors (Lipinski definition) is 1. The highest BCUT2D eigenvalue weighted by Crippen LogP contribution is 2.39. The molecule has 4 aromatic rings. The van der Waals surface area contributed by atoms with Crippen molar-refractivity contribution in [2.75, 3.05) is 5.32 Å². The molecule has 0 radical (unpaired) electrons. The molecule has 1 aliphatic carbocycles. The van der Waals surface area contributed by atoms with Crippen molar-refractivity contribution in [3.63, 3.8) is 0 Å². The molecule has 0 spiro atoms. The minimum atomic E-state index is -0.545. The van der Waals surface area contributed by atoms with E-state index in [1.54, 1.807) is 17.8 Å². The number of nitrogens with one attached hydrogen (secondary N) is 1. The summed E-state index contributed by atoms with van der Waals surface area (Å²) in [7, 11) is 0. The minimum Gasteiger partial charge on any atom is -0.339 e. The summed E-state index contributed by atoms with van der Waals surface area (Å²) in [5, 5.41) is 11.1. The summed E-state index contributed by atoms with van der Waals surface area (Å²) in [6.45, 7) is 1.75. The monoisotopic (exact) mass is 437 g/mol. The minimum absolute atomic E-state index is 0.0591. The highest BCUT2D eigenvalue weighted by Gasteiger charge is 2.29. The van der Waals surface area contributed by atoms with E-state index >= 15 is 0 Å². The first-order chi connectivity index (χ1) is 15.0. The van der Waals surface area contributed by atoms with E-state index in [-0.39, 0.29) is 10.9 Å². The maximum Gasteiger partial charge on any atom is 0.259 e. The molecule has 1 amide bonds. The lowest BCUT2D eigenvalue weighted by atomic mass is 10.2. The van der Waals surface area contributed by atoms with Crippen LogP contribution >= 0.6 is 11.6 Å². The first-order valence-corrected chi connectivity index (χ1v) is 10.1. The third-order valence-electron chi connectivity index (χ3n) is 5.08. The van der Waals surface area contributed by atoms with Crippen LogP contribution in [0.2, 0.25) is 5.02 Å². The summed E-state index contributed by atoms with van der Waals surface area (Å²) in [6, 6.07) is 11.5. The van der Waals surface area contributed by atoms with Crippen molar-refractivity contribution in [1.82, 2.24) is 19.9 Å². The number of nitrogens with zero attached hydrogens (tertiary/aromatic N) is 4. The molecule has 0 unspecified atom stereocenters. The van der Waals surface area contributed by atoms with Crippen molar-refractivity contribution in [3.05, 3.63) is 76.6 Å². The number of aromatic nitrogens is 4. The smallest absolute Gasteiger partial charge is 0.259 e. The van der Waals surface area contributed by atoms with E-state index in [1.165, 1.54) is 18.2 Å². The summed E-state index contributed by atoms with van der Waals surface area (Å²) < 4.78 is 20.3. The van der Waals surface area contributed by atoms with Gasteiger partial charge in [0, 0.05) is 23.4 Å². The number of anilines is 1. The topological polar surface area (TPSA) is 85.8 Å². The Bertz CT molecular complexity index is 1280. The molecule has 0 saturated heterocycles. The van der Waals surface area contributed by atoms with Crippen LogP contribution in [0.15, 0.2) is 53.2 Å². The quantitative estimate of drug-likeness (QED) is 0.466. The molecule has 1 N–H and O–H groups in total. The molecule has 156 valence electrons. The zero-order chi connectivity index (χ0) is 21.5. The number of amides is 1. The summed E-state index contributed by atoms with van der Waals surface area (Å²) in [4.78, 5) is 17.1. The number of aryl methyl sites for hydroxylation is 1. The molecule has 1 aliphatic rings. The van der Waals surface area contributed by atoms with Crippen LogP contribution in [-0.4, -0.2) is 25.8 Å². The second-order valence-corrected chi connectivity index (χ2v) is 7.84. The Morgan fingerprint density at radius 2 is 2.00 bits per heavy atom. The lowest BCUT2D eigenvalue weighted by Gasteiger charge is -2.05. The molecule has 2 aromatic carbocycles. The van der Waals surface area contributed by atoms with Gasteiger partial charge in [-0.2, -0.15) is 10.1 Å². The van der Waals surface area contributed by atoms with Gasteiger partial charge in [-0.3, -0.25) is 4.79 Å². The first-order valence-electron chi connectivity index (χ1n) is 9.75. The zero-order valence-corrected chi connectivity index (χ0v) is 17.2. The van der Waals surface area contributed by atoms with Crippen LogP contribution in [0.4, 0.5) is 10.1 Å². The predicted molar refractivity (Wildman–Crippen MR) is 113 cm³/mol. The number of carbonyl (C=O) groups excluding carboxylic acids is 1. The molecule has 0 aliphatic heterocycles. The summed E-state index contributed by atoms with van der Waals surface area (Å²) in [5.41, 5.74) is 2.98. The van der Waals surface area contributed by atoms with E-state index in [1.807, 2.05) is 24.3 Å². The SMILES string of the molecule is Cc1nn(-c2ccc(-c3noc(C4CC4)n3)cc2)cc1C(=O)Nc1ccc(F)c(Cl)c1. The van der Waals surface area contributed by atoms with Gasteiger partial charge in [-0.15, -0.1) is 0 Å². The van der Waals surface area contributed by atoms with Gasteiger partial charge in [0.25, 0.3) is 5.91 Å². The van der Waals surface area contributed by atoms with Gasteiger partial charge in [0.05, 0.1) is 22.0 Å². The zero-order valence-electron chi connectivity index (χ0n) is 16.5. The molecular formula is C22H17ClFN5O2. The Morgan fingerprint density at radius 3 is 2.71 bits per heavy atom. The van der Waals surface area contributed by atoms with Gasteiger partial charge in [0.15, 0.2) is 0 Å². The Labute approximate surface area is 181 Å². The van der Waals surface area contributed by atoms with Gasteiger partial charge < -0.3 is 9.84 Å². The maximum atomic E-state index is 13.3. The Hall–Kier alpha value is -3.52. The van der Waals surface area contributed by atoms with Crippen LogP contribution in [0.1, 0.15) is 40.7 Å². The first kappa shape index (κ1) is 19.4. The van der Waals surface area contributed by atoms with Crippen LogP contribution in [0.25, 0.3) is 17.1 Å². The van der Waals surface area contributed by atoms with Crippen LogP contribution in [0.3, 0.4) is 0 Å². The van der Waals surface area contributed by atoms with Gasteiger partial charge >= 0.3 is 0 Å². The van der Waals surface area contributed by atoms with Crippen LogP contribution in [0, 0.1) is 12.7 Å². The van der Waals surface area contributed by atoms with Gasteiger partial charge in [-0.05, 0) is 62.2 Å². The number of hydrogen-bond acceptors (Lipinski definition) is 5. The highest BCUT2D eigenvalue weighted by molar-refractivity contribution is 6.31. The Balaban J connectivity index is 1.34. The van der Waals surface area contributed by atoms with E-state index < -0.39 is 5.82 Å². The summed E-state index contributed by atoms with van der Waals surface area (Å²) in [5.74, 6) is 0.755. The largest absolute Gasteiger partial charge is 0.339 e. The molecule has 9 heteroatoms. The van der Waals surface area contributed by atoms with Gasteiger partial charge in [-0.25, -0.2) is 9.07 Å². The van der Waals surface area contributed by atoms with Crippen molar-refractivity contribution in [2.45, 2.75) is 25.7 Å². The fourth-order valence-electron chi connectivity index (χ4n) is 3.20. The summed E-state index contributed by atoms with van der Waals surface area (Å²) >= 11 is 5.78.